The van der Waals surface area contributed by atoms with E-state index in [0.717, 1.165) is 5.56 Å². The van der Waals surface area contributed by atoms with Gasteiger partial charge in [0.1, 0.15) is 0 Å². The van der Waals surface area contributed by atoms with E-state index >= 15 is 0 Å². The Kier molecular flexibility index (Phi) is 7.43. The summed E-state index contributed by atoms with van der Waals surface area (Å²) in [5.41, 5.74) is 1.88. The van der Waals surface area contributed by atoms with Gasteiger partial charge >= 0.3 is 0 Å². The normalized spacial score (nSPS) is 15.0. The molecule has 0 aromatic heterocycles. The zero-order valence-electron chi connectivity index (χ0n) is 18.6. The predicted molar refractivity (Wildman–Crippen MR) is 130 cm³/mol. The highest BCUT2D eigenvalue weighted by atomic mass is 35.5. The summed E-state index contributed by atoms with van der Waals surface area (Å²) >= 11 is 6.16. The molecule has 34 heavy (non-hydrogen) atoms. The Morgan fingerprint density at radius 1 is 1.03 bits per heavy atom. The minimum absolute atomic E-state index is 0.144. The highest BCUT2D eigenvalue weighted by Crippen LogP contribution is 2.36. The summed E-state index contributed by atoms with van der Waals surface area (Å²) in [6, 6.07) is 18.8. The van der Waals surface area contributed by atoms with Gasteiger partial charge in [0.15, 0.2) is 6.29 Å². The first-order valence-corrected chi connectivity index (χ1v) is 12.0. The van der Waals surface area contributed by atoms with Crippen LogP contribution in [0.25, 0.3) is 0 Å². The number of nitrogens with one attached hydrogen (secondary N) is 1. The predicted octanol–water partition coefficient (Wildman–Crippen LogP) is 4.02. The minimum atomic E-state index is -1.61. The topological polar surface area (TPSA) is 84.9 Å². The summed E-state index contributed by atoms with van der Waals surface area (Å²) in [5, 5.41) is 3.29. The van der Waals surface area contributed by atoms with Crippen molar-refractivity contribution in [1.82, 2.24) is 5.32 Å². The molecule has 7 nitrogen and oxygen atoms in total. The van der Waals surface area contributed by atoms with E-state index in [1.54, 1.807) is 60.7 Å². The molecule has 1 aliphatic rings. The van der Waals surface area contributed by atoms with Crippen molar-refractivity contribution in [3.05, 3.63) is 88.4 Å². The van der Waals surface area contributed by atoms with E-state index in [1.165, 1.54) is 19.1 Å². The van der Waals surface area contributed by atoms with Crippen molar-refractivity contribution in [2.24, 2.45) is 0 Å². The molecule has 0 saturated carbocycles. The van der Waals surface area contributed by atoms with Crippen LogP contribution in [0.1, 0.15) is 26.3 Å². The maximum atomic E-state index is 13.6. The van der Waals surface area contributed by atoms with Crippen LogP contribution in [0.5, 0.6) is 0 Å². The van der Waals surface area contributed by atoms with E-state index in [1.807, 2.05) is 6.07 Å². The maximum absolute atomic E-state index is 13.6. The van der Waals surface area contributed by atoms with Crippen molar-refractivity contribution in [3.8, 4) is 0 Å². The zero-order valence-corrected chi connectivity index (χ0v) is 20.2. The number of halogens is 1. The van der Waals surface area contributed by atoms with Crippen LogP contribution < -0.4 is 10.2 Å². The third kappa shape index (κ3) is 4.90. The first-order chi connectivity index (χ1) is 16.4. The number of rotatable bonds is 7. The Morgan fingerprint density at radius 3 is 2.53 bits per heavy atom. The number of carbonyl (C=O) groups is 2. The Morgan fingerprint density at radius 2 is 1.79 bits per heavy atom. The number of amides is 2. The number of ether oxygens (including phenoxy) is 2. The Hall–Kier alpha value is -3.04. The molecule has 1 aliphatic heterocycles. The van der Waals surface area contributed by atoms with Crippen LogP contribution in [0.4, 0.5) is 5.69 Å². The van der Waals surface area contributed by atoms with Gasteiger partial charge in [0.25, 0.3) is 11.8 Å². The quantitative estimate of drug-likeness (QED) is 0.497. The van der Waals surface area contributed by atoms with Crippen molar-refractivity contribution in [2.75, 3.05) is 25.7 Å². The average molecular weight is 499 g/mol. The molecule has 9 heteroatoms. The van der Waals surface area contributed by atoms with E-state index in [2.05, 4.69) is 5.32 Å². The monoisotopic (exact) mass is 498 g/mol. The van der Waals surface area contributed by atoms with Crippen molar-refractivity contribution < 1.29 is 23.3 Å². The molecule has 1 N–H and O–H groups in total. The Labute approximate surface area is 205 Å². The largest absolute Gasteiger partial charge is 0.354 e. The molecular formula is C25H23ClN2O5S. The second-order valence-electron chi connectivity index (χ2n) is 7.58. The first kappa shape index (κ1) is 24.1. The van der Waals surface area contributed by atoms with Gasteiger partial charge < -0.3 is 19.7 Å². The third-order valence-electron chi connectivity index (χ3n) is 5.46. The van der Waals surface area contributed by atoms with Crippen LogP contribution in [0.15, 0.2) is 76.5 Å². The van der Waals surface area contributed by atoms with Gasteiger partial charge in [0, 0.05) is 24.8 Å². The van der Waals surface area contributed by atoms with Crippen LogP contribution in [-0.2, 0) is 26.8 Å². The van der Waals surface area contributed by atoms with E-state index in [9.17, 15) is 13.8 Å². The van der Waals surface area contributed by atoms with Crippen molar-refractivity contribution in [1.29, 1.82) is 0 Å². The summed E-state index contributed by atoms with van der Waals surface area (Å²) < 4.78 is 23.7. The molecule has 0 spiro atoms. The van der Waals surface area contributed by atoms with Crippen molar-refractivity contribution in [2.45, 2.75) is 22.6 Å². The molecule has 2 amide bonds. The van der Waals surface area contributed by atoms with Gasteiger partial charge in [-0.1, -0.05) is 35.9 Å². The fourth-order valence-electron chi connectivity index (χ4n) is 3.72. The maximum Gasteiger partial charge on any atom is 0.259 e. The van der Waals surface area contributed by atoms with E-state index in [0.29, 0.717) is 31.6 Å². The minimum Gasteiger partial charge on any atom is -0.354 e. The number of anilines is 1. The molecule has 3 aromatic rings. The molecule has 0 unspecified atom stereocenters. The van der Waals surface area contributed by atoms with Crippen LogP contribution in [0.3, 0.4) is 0 Å². The molecule has 1 heterocycles. The molecule has 4 rings (SSSR count). The van der Waals surface area contributed by atoms with Crippen LogP contribution in [0, 0.1) is 0 Å². The lowest BCUT2D eigenvalue weighted by molar-refractivity contribution is -0.0974. The second kappa shape index (κ2) is 10.5. The smallest absolute Gasteiger partial charge is 0.259 e. The van der Waals surface area contributed by atoms with Crippen LogP contribution in [0.2, 0.25) is 5.02 Å². The van der Waals surface area contributed by atoms with Crippen molar-refractivity contribution >= 4 is 39.9 Å². The molecule has 0 fully saturated rings. The Bertz CT molecular complexity index is 1260. The molecule has 0 saturated heterocycles. The highest BCUT2D eigenvalue weighted by Gasteiger charge is 2.31. The van der Waals surface area contributed by atoms with Gasteiger partial charge in [-0.05, 0) is 48.0 Å². The van der Waals surface area contributed by atoms with Gasteiger partial charge in [-0.3, -0.25) is 9.59 Å². The lowest BCUT2D eigenvalue weighted by Crippen LogP contribution is -2.34. The highest BCUT2D eigenvalue weighted by molar-refractivity contribution is 7.85. The summed E-state index contributed by atoms with van der Waals surface area (Å²) in [7, 11) is 1.36. The summed E-state index contributed by atoms with van der Waals surface area (Å²) in [6.45, 7) is 0.337. The lowest BCUT2D eigenvalue weighted by atomic mass is 10.1. The summed E-state index contributed by atoms with van der Waals surface area (Å²) in [6.07, 6.45) is -0.590. The summed E-state index contributed by atoms with van der Waals surface area (Å²) in [4.78, 5) is 28.9. The van der Waals surface area contributed by atoms with E-state index < -0.39 is 17.1 Å². The molecule has 3 aromatic carbocycles. The number of hydrogen-bond donors (Lipinski definition) is 1. The number of hydrogen-bond acceptors (Lipinski definition) is 5. The van der Waals surface area contributed by atoms with E-state index in [4.69, 9.17) is 21.1 Å². The lowest BCUT2D eigenvalue weighted by Gasteiger charge is -2.24. The molecule has 0 radical (unpaired) electrons. The first-order valence-electron chi connectivity index (χ1n) is 10.5. The standard InChI is InChI=1S/C25H23ClN2O5S/c1-32-23(33-2)14-27-24(29)17-10-11-22-20(13-17)28(15-16-6-5-7-18(26)12-16)25(30)19-8-3-4-9-21(19)34(22)31/h3-13,23H,14-15H2,1-2H3,(H,27,29)/t34-/m1/s1. The van der Waals surface area contributed by atoms with E-state index in [-0.39, 0.29) is 24.9 Å². The van der Waals surface area contributed by atoms with Gasteiger partial charge in [0.05, 0.1) is 44.9 Å². The van der Waals surface area contributed by atoms with Crippen molar-refractivity contribution in [3.63, 3.8) is 0 Å². The van der Waals surface area contributed by atoms with Crippen LogP contribution >= 0.6 is 11.6 Å². The SMILES string of the molecule is COC(CNC(=O)c1ccc2c(c1)N(Cc1cccc(Cl)c1)C(=O)c1ccccc1[S@]2=O)OC. The zero-order chi connectivity index (χ0) is 24.2. The molecule has 176 valence electrons. The molecule has 1 atom stereocenters. The van der Waals surface area contributed by atoms with Gasteiger partial charge in [0.2, 0.25) is 0 Å². The average Bonchev–Trinajstić information content (AvgIpc) is 2.94. The molecular weight excluding hydrogens is 476 g/mol. The number of methoxy groups -OCH3 is 2. The van der Waals surface area contributed by atoms with Crippen LogP contribution in [-0.4, -0.2) is 43.1 Å². The van der Waals surface area contributed by atoms with Gasteiger partial charge in [-0.15, -0.1) is 0 Å². The fraction of sp³-hybridized carbons (Fsp3) is 0.200. The number of benzene rings is 3. The number of nitrogens with zero attached hydrogens (tertiary/aromatic N) is 1. The fourth-order valence-corrected chi connectivity index (χ4v) is 5.28. The molecule has 0 bridgehead atoms. The Balaban J connectivity index is 1.77. The van der Waals surface area contributed by atoms with Gasteiger partial charge in [-0.2, -0.15) is 0 Å². The number of carbonyl (C=O) groups excluding carboxylic acids is 2. The number of fused-ring (bicyclic) bond motifs is 2. The van der Waals surface area contributed by atoms with Gasteiger partial charge in [-0.25, -0.2) is 4.21 Å². The molecule has 0 aliphatic carbocycles. The summed E-state index contributed by atoms with van der Waals surface area (Å²) in [5.74, 6) is -0.677. The third-order valence-corrected chi connectivity index (χ3v) is 7.19. The second-order valence-corrected chi connectivity index (χ2v) is 9.43.